The SMILES string of the molecule is Cc1nc(C)c(CCC(=O)N2CC(=O)Cc3ccccc32)c(=O)[nH]1. The van der Waals surface area contributed by atoms with Crippen LogP contribution in [0.3, 0.4) is 0 Å². The van der Waals surface area contributed by atoms with Gasteiger partial charge in [0.1, 0.15) is 5.82 Å². The lowest BCUT2D eigenvalue weighted by Gasteiger charge is -2.28. The highest BCUT2D eigenvalue weighted by Gasteiger charge is 2.26. The number of amides is 1. The second-order valence-electron chi connectivity index (χ2n) is 6.04. The molecule has 6 nitrogen and oxygen atoms in total. The molecule has 1 amide bonds. The Balaban J connectivity index is 1.79. The second-order valence-corrected chi connectivity index (χ2v) is 6.04. The van der Waals surface area contributed by atoms with Crippen LogP contribution in [-0.4, -0.2) is 28.2 Å². The minimum atomic E-state index is -0.206. The number of H-pyrrole nitrogens is 1. The molecule has 3 rings (SSSR count). The van der Waals surface area contributed by atoms with Gasteiger partial charge in [-0.05, 0) is 31.9 Å². The first kappa shape index (κ1) is 16.1. The number of fused-ring (bicyclic) bond motifs is 1. The number of nitrogens with one attached hydrogen (secondary N) is 1. The molecule has 124 valence electrons. The van der Waals surface area contributed by atoms with Gasteiger partial charge >= 0.3 is 0 Å². The molecule has 0 saturated heterocycles. The molecule has 6 heteroatoms. The van der Waals surface area contributed by atoms with Gasteiger partial charge in [0, 0.05) is 29.8 Å². The molecule has 1 aromatic heterocycles. The Morgan fingerprint density at radius 3 is 2.75 bits per heavy atom. The minimum Gasteiger partial charge on any atom is -0.311 e. The average Bonchev–Trinajstić information content (AvgIpc) is 2.52. The Bertz CT molecular complexity index is 870. The van der Waals surface area contributed by atoms with E-state index in [0.29, 0.717) is 29.9 Å². The van der Waals surface area contributed by atoms with E-state index in [4.69, 9.17) is 0 Å². The van der Waals surface area contributed by atoms with Gasteiger partial charge < -0.3 is 9.88 Å². The number of ketones is 1. The largest absolute Gasteiger partial charge is 0.311 e. The van der Waals surface area contributed by atoms with Gasteiger partial charge in [-0.25, -0.2) is 4.98 Å². The van der Waals surface area contributed by atoms with Gasteiger partial charge in [-0.2, -0.15) is 0 Å². The molecule has 0 saturated carbocycles. The smallest absolute Gasteiger partial charge is 0.254 e. The number of para-hydroxylation sites is 1. The number of hydrogen-bond acceptors (Lipinski definition) is 4. The van der Waals surface area contributed by atoms with E-state index in [0.717, 1.165) is 11.3 Å². The summed E-state index contributed by atoms with van der Waals surface area (Å²) >= 11 is 0. The predicted molar refractivity (Wildman–Crippen MR) is 90.2 cm³/mol. The van der Waals surface area contributed by atoms with Crippen molar-refractivity contribution in [2.45, 2.75) is 33.1 Å². The van der Waals surface area contributed by atoms with Crippen LogP contribution in [0.15, 0.2) is 29.1 Å². The van der Waals surface area contributed by atoms with Gasteiger partial charge in [-0.15, -0.1) is 0 Å². The number of benzene rings is 1. The van der Waals surface area contributed by atoms with Crippen molar-refractivity contribution < 1.29 is 9.59 Å². The molecular formula is C18H19N3O3. The van der Waals surface area contributed by atoms with Crippen molar-refractivity contribution >= 4 is 17.4 Å². The van der Waals surface area contributed by atoms with E-state index < -0.39 is 0 Å². The van der Waals surface area contributed by atoms with Crippen LogP contribution in [0.25, 0.3) is 0 Å². The molecule has 2 aromatic rings. The van der Waals surface area contributed by atoms with Crippen molar-refractivity contribution in [2.75, 3.05) is 11.4 Å². The Morgan fingerprint density at radius 2 is 2.00 bits per heavy atom. The first-order valence-corrected chi connectivity index (χ1v) is 7.92. The first-order valence-electron chi connectivity index (χ1n) is 7.92. The van der Waals surface area contributed by atoms with Crippen LogP contribution in [0.1, 0.15) is 29.1 Å². The summed E-state index contributed by atoms with van der Waals surface area (Å²) in [5, 5.41) is 0. The van der Waals surface area contributed by atoms with Crippen LogP contribution < -0.4 is 10.5 Å². The zero-order valence-corrected chi connectivity index (χ0v) is 13.8. The maximum Gasteiger partial charge on any atom is 0.254 e. The van der Waals surface area contributed by atoms with Crippen molar-refractivity contribution in [1.29, 1.82) is 0 Å². The number of carbonyl (C=O) groups is 2. The summed E-state index contributed by atoms with van der Waals surface area (Å²) in [5.74, 6) is 0.422. The maximum atomic E-state index is 12.6. The average molecular weight is 325 g/mol. The number of aromatic amines is 1. The molecule has 0 fully saturated rings. The molecule has 0 atom stereocenters. The normalized spacial score (nSPS) is 13.8. The quantitative estimate of drug-likeness (QED) is 0.926. The molecule has 1 aromatic carbocycles. The van der Waals surface area contributed by atoms with Crippen LogP contribution in [0.2, 0.25) is 0 Å². The van der Waals surface area contributed by atoms with Gasteiger partial charge in [0.25, 0.3) is 5.56 Å². The molecule has 0 aliphatic carbocycles. The van der Waals surface area contributed by atoms with E-state index in [1.165, 1.54) is 4.90 Å². The number of hydrogen-bond donors (Lipinski definition) is 1. The zero-order valence-electron chi connectivity index (χ0n) is 13.8. The van der Waals surface area contributed by atoms with Crippen molar-refractivity contribution in [2.24, 2.45) is 0 Å². The van der Waals surface area contributed by atoms with E-state index in [1.807, 2.05) is 24.3 Å². The highest BCUT2D eigenvalue weighted by Crippen LogP contribution is 2.26. The summed E-state index contributed by atoms with van der Waals surface area (Å²) in [6.45, 7) is 3.58. The van der Waals surface area contributed by atoms with E-state index in [2.05, 4.69) is 9.97 Å². The van der Waals surface area contributed by atoms with Crippen LogP contribution in [0.5, 0.6) is 0 Å². The van der Waals surface area contributed by atoms with Gasteiger partial charge in [-0.3, -0.25) is 14.4 Å². The molecule has 1 aliphatic rings. The molecule has 2 heterocycles. The molecule has 0 spiro atoms. The number of carbonyl (C=O) groups excluding carboxylic acids is 2. The number of rotatable bonds is 3. The van der Waals surface area contributed by atoms with E-state index in [1.54, 1.807) is 13.8 Å². The summed E-state index contributed by atoms with van der Waals surface area (Å²) in [4.78, 5) is 45.0. The number of nitrogens with zero attached hydrogens (tertiary/aromatic N) is 2. The fourth-order valence-electron chi connectivity index (χ4n) is 3.09. The molecule has 0 bridgehead atoms. The molecule has 1 aliphatic heterocycles. The van der Waals surface area contributed by atoms with E-state index in [-0.39, 0.29) is 30.2 Å². The Labute approximate surface area is 139 Å². The third-order valence-corrected chi connectivity index (χ3v) is 4.24. The third-order valence-electron chi connectivity index (χ3n) is 4.24. The highest BCUT2D eigenvalue weighted by atomic mass is 16.2. The highest BCUT2D eigenvalue weighted by molar-refractivity contribution is 6.03. The van der Waals surface area contributed by atoms with Gasteiger partial charge in [0.2, 0.25) is 5.91 Å². The summed E-state index contributed by atoms with van der Waals surface area (Å²) in [6.07, 6.45) is 0.830. The monoisotopic (exact) mass is 325 g/mol. The van der Waals surface area contributed by atoms with Crippen LogP contribution in [-0.2, 0) is 22.4 Å². The molecular weight excluding hydrogens is 306 g/mol. The number of aromatic nitrogens is 2. The van der Waals surface area contributed by atoms with Crippen molar-refractivity contribution in [1.82, 2.24) is 9.97 Å². The lowest BCUT2D eigenvalue weighted by molar-refractivity contribution is -0.122. The molecule has 1 N–H and O–H groups in total. The fourth-order valence-corrected chi connectivity index (χ4v) is 3.09. The maximum absolute atomic E-state index is 12.6. The Hall–Kier alpha value is -2.76. The van der Waals surface area contributed by atoms with Gasteiger partial charge in [-0.1, -0.05) is 18.2 Å². The minimum absolute atomic E-state index is 0.0214. The number of Topliss-reactive ketones (excluding diaryl/α,β-unsaturated/α-hetero) is 1. The summed E-state index contributed by atoms with van der Waals surface area (Å²) in [7, 11) is 0. The first-order chi connectivity index (χ1) is 11.5. The predicted octanol–water partition coefficient (Wildman–Crippen LogP) is 1.48. The topological polar surface area (TPSA) is 83.1 Å². The second kappa shape index (κ2) is 6.39. The van der Waals surface area contributed by atoms with Crippen LogP contribution in [0.4, 0.5) is 5.69 Å². The molecule has 0 unspecified atom stereocenters. The third kappa shape index (κ3) is 3.13. The molecule has 24 heavy (non-hydrogen) atoms. The summed E-state index contributed by atoms with van der Waals surface area (Å²) in [5.41, 5.74) is 2.61. The lowest BCUT2D eigenvalue weighted by Crippen LogP contribution is -2.40. The lowest BCUT2D eigenvalue weighted by atomic mass is 10.00. The van der Waals surface area contributed by atoms with Crippen molar-refractivity contribution in [3.8, 4) is 0 Å². The van der Waals surface area contributed by atoms with Gasteiger partial charge in [0.15, 0.2) is 5.78 Å². The number of aryl methyl sites for hydroxylation is 2. The van der Waals surface area contributed by atoms with Crippen molar-refractivity contribution in [3.63, 3.8) is 0 Å². The standard InChI is InChI=1S/C18H19N3O3/c1-11-15(18(24)20-12(2)19-11)7-8-17(23)21-10-14(22)9-13-5-3-4-6-16(13)21/h3-6H,7-10H2,1-2H3,(H,19,20,24). The van der Waals surface area contributed by atoms with Gasteiger partial charge in [0.05, 0.1) is 6.54 Å². The van der Waals surface area contributed by atoms with Crippen LogP contribution in [0, 0.1) is 13.8 Å². The van der Waals surface area contributed by atoms with E-state index in [9.17, 15) is 14.4 Å². The molecule has 0 radical (unpaired) electrons. The Morgan fingerprint density at radius 1 is 1.25 bits per heavy atom. The van der Waals surface area contributed by atoms with E-state index >= 15 is 0 Å². The number of anilines is 1. The summed E-state index contributed by atoms with van der Waals surface area (Å²) in [6, 6.07) is 7.44. The summed E-state index contributed by atoms with van der Waals surface area (Å²) < 4.78 is 0. The Kier molecular flexibility index (Phi) is 4.29. The van der Waals surface area contributed by atoms with Crippen molar-refractivity contribution in [3.05, 3.63) is 57.3 Å². The fraction of sp³-hybridized carbons (Fsp3) is 0.333. The zero-order chi connectivity index (χ0) is 17.3. The van der Waals surface area contributed by atoms with Crippen LogP contribution >= 0.6 is 0 Å².